The van der Waals surface area contributed by atoms with E-state index in [1.807, 2.05) is 0 Å². The lowest BCUT2D eigenvalue weighted by Crippen LogP contribution is -2.67. The third-order valence-corrected chi connectivity index (χ3v) is 19.1. The van der Waals surface area contributed by atoms with Gasteiger partial charge in [0.15, 0.2) is 0 Å². The molecule has 8 unspecified atom stereocenters. The number of aromatic amines is 1. The molecule has 0 radical (unpaired) electrons. The van der Waals surface area contributed by atoms with Gasteiger partial charge in [0.25, 0.3) is 0 Å². The number of H-pyrrole nitrogens is 1. The molecule has 40 nitrogen and oxygen atoms in total. The van der Waals surface area contributed by atoms with E-state index in [1.165, 1.54) is 14.0 Å². The quantitative estimate of drug-likeness (QED) is 0.0275. The van der Waals surface area contributed by atoms with Crippen LogP contribution in [0.5, 0.6) is 0 Å². The molecule has 9 atom stereocenters. The number of aromatic nitrogens is 1. The van der Waals surface area contributed by atoms with E-state index in [4.69, 9.17) is 22.9 Å². The largest absolute Gasteiger partial charge is 0.370 e. The number of unbranched alkanes of at least 4 members (excludes halogenated alkanes) is 1. The van der Waals surface area contributed by atoms with Crippen molar-refractivity contribution in [1.29, 1.82) is 0 Å². The van der Waals surface area contributed by atoms with Crippen LogP contribution in [0.25, 0.3) is 10.9 Å². The fourth-order valence-corrected chi connectivity index (χ4v) is 12.9. The van der Waals surface area contributed by atoms with Crippen LogP contribution in [-0.4, -0.2) is 264 Å². The summed E-state index contributed by atoms with van der Waals surface area (Å²) in [4.78, 5) is 218. The maximum Gasteiger partial charge on any atom is 0.243 e. The van der Waals surface area contributed by atoms with Gasteiger partial charge in [0.05, 0.1) is 24.0 Å². The molecule has 16 amide bonds. The van der Waals surface area contributed by atoms with Gasteiger partial charge < -0.3 is 129 Å². The van der Waals surface area contributed by atoms with Gasteiger partial charge in [0.1, 0.15) is 54.4 Å². The monoisotopic (exact) mass is 1580 g/mol. The standard InChI is InChI=1S/C72H120N24O16/c1-41(2)30-51(63(105)86-34-60(103)89-53(32-56(75)99)69(111)92-50(18-21-55(74)98)67(109)94-52(31-44-33-85-46-13-8-7-12-45(44)46)68(110)87-43(5)62(104)95-61(42(3)4)70(112)77-6)93-64(106)47(90-66(108)49(17-20-54(73)97)91-65(107)48-19-22-58(101)88-48)14-9-10-23-84-57(100)15-11-16-59(102)96-72-38-81-27-24-78-35-71(76,36-79-25-28-82-39-72)37-80-26-29-83-40-72/h7-8,12-13,33,41-43,47-53,61,78-83,85H,9-11,14-32,34-40,76H2,1-6H3,(H2,73,97)(H2,74,98)(H2,75,99)(H,77,112)(H,84,100)(H,86,105)(H,87,110)(H,88,101)(H,89,103)(H,90,108)(H,91,107)(H,92,111)(H,93,106)(H,94,109)(H,95,104)(H,96,102)/t43-,47?,48?,49?,50?,51?,52?,53?,61?,71?,72?/m0/s1. The van der Waals surface area contributed by atoms with Crippen molar-refractivity contribution in [1.82, 2.24) is 106 Å². The zero-order chi connectivity index (χ0) is 82.5. The van der Waals surface area contributed by atoms with Crippen LogP contribution in [0.1, 0.15) is 130 Å². The first kappa shape index (κ1) is 92.6. The average Bonchev–Trinajstić information content (AvgIpc) is 1.63. The van der Waals surface area contributed by atoms with Crippen molar-refractivity contribution in [2.45, 2.75) is 196 Å². The molecule has 1 aromatic carbocycles. The molecule has 112 heavy (non-hydrogen) atoms. The Balaban J connectivity index is 1.26. The van der Waals surface area contributed by atoms with Crippen molar-refractivity contribution in [3.8, 4) is 0 Å². The minimum Gasteiger partial charge on any atom is -0.370 e. The first-order valence-corrected chi connectivity index (χ1v) is 38.4. The third kappa shape index (κ3) is 33.1. The smallest absolute Gasteiger partial charge is 0.243 e. The molecule has 2 aromatic rings. The third-order valence-electron chi connectivity index (χ3n) is 19.1. The molecule has 1 aromatic heterocycles. The molecule has 6 rings (SSSR count). The lowest BCUT2D eigenvalue weighted by Gasteiger charge is -2.37. The van der Waals surface area contributed by atoms with Gasteiger partial charge in [-0.15, -0.1) is 0 Å². The minimum absolute atomic E-state index is 0.00415. The molecule has 2 bridgehead atoms. The highest BCUT2D eigenvalue weighted by Gasteiger charge is 2.38. The summed E-state index contributed by atoms with van der Waals surface area (Å²) in [5.41, 5.74) is 23.2. The number of hydrogen-bond donors (Lipinski definition) is 24. The number of carbonyl (C=O) groups excluding carboxylic acids is 16. The Hall–Kier alpha value is -10.0. The van der Waals surface area contributed by atoms with Crippen LogP contribution in [-0.2, 0) is 83.1 Å². The number of fused-ring (bicyclic) bond motifs is 16. The predicted octanol–water partition coefficient (Wildman–Crippen LogP) is -8.57. The van der Waals surface area contributed by atoms with Crippen LogP contribution in [0.15, 0.2) is 30.5 Å². The summed E-state index contributed by atoms with van der Waals surface area (Å²) in [6, 6.07) is -5.57. The first-order chi connectivity index (χ1) is 53.2. The Morgan fingerprint density at radius 3 is 1.56 bits per heavy atom. The molecular weight excluding hydrogens is 1460 g/mol. The summed E-state index contributed by atoms with van der Waals surface area (Å²) in [6.45, 7) is 14.4. The molecule has 0 spiro atoms. The maximum atomic E-state index is 14.6. The minimum atomic E-state index is -1.85. The Bertz CT molecular complexity index is 3510. The van der Waals surface area contributed by atoms with Gasteiger partial charge in [-0.2, -0.15) is 0 Å². The maximum absolute atomic E-state index is 14.6. The molecule has 4 aliphatic heterocycles. The second-order valence-electron chi connectivity index (χ2n) is 29.7. The van der Waals surface area contributed by atoms with Crippen LogP contribution in [0.4, 0.5) is 0 Å². The van der Waals surface area contributed by atoms with Crippen molar-refractivity contribution in [3.05, 3.63) is 36.0 Å². The van der Waals surface area contributed by atoms with Gasteiger partial charge in [-0.3, -0.25) is 76.7 Å². The zero-order valence-electron chi connectivity index (χ0n) is 65.1. The van der Waals surface area contributed by atoms with Crippen LogP contribution in [0.2, 0.25) is 0 Å². The first-order valence-electron chi connectivity index (χ1n) is 38.4. The second-order valence-corrected chi connectivity index (χ2v) is 29.7. The number of para-hydroxylation sites is 1. The molecule has 4 aliphatic rings. The lowest BCUT2D eigenvalue weighted by molar-refractivity contribution is -0.136. The van der Waals surface area contributed by atoms with E-state index in [-0.39, 0.29) is 107 Å². The normalized spacial score (nSPS) is 19.8. The van der Waals surface area contributed by atoms with E-state index >= 15 is 0 Å². The number of likely N-dealkylation sites (N-methyl/N-ethyl adjacent to an activating group) is 1. The van der Waals surface area contributed by atoms with E-state index in [2.05, 4.69) is 106 Å². The van der Waals surface area contributed by atoms with E-state index in [9.17, 15) is 76.7 Å². The Morgan fingerprint density at radius 1 is 0.509 bits per heavy atom. The highest BCUT2D eigenvalue weighted by molar-refractivity contribution is 6.00. The highest BCUT2D eigenvalue weighted by Crippen LogP contribution is 2.20. The number of nitrogens with two attached hydrogens (primary N) is 4. The number of amides is 16. The summed E-state index contributed by atoms with van der Waals surface area (Å²) in [5.74, 6) is -13.5. The molecule has 624 valence electrons. The van der Waals surface area contributed by atoms with Gasteiger partial charge in [-0.05, 0) is 81.8 Å². The van der Waals surface area contributed by atoms with E-state index in [0.717, 1.165) is 0 Å². The van der Waals surface area contributed by atoms with Gasteiger partial charge in [-0.1, -0.05) is 45.9 Å². The van der Waals surface area contributed by atoms with Crippen LogP contribution < -0.4 is 124 Å². The summed E-state index contributed by atoms with van der Waals surface area (Å²) in [6.07, 6.45) is -0.518. The molecule has 5 heterocycles. The average molecular weight is 1580 g/mol. The zero-order valence-corrected chi connectivity index (χ0v) is 65.1. The van der Waals surface area contributed by atoms with E-state index in [1.54, 1.807) is 58.2 Å². The second kappa shape index (κ2) is 47.4. The van der Waals surface area contributed by atoms with Crippen molar-refractivity contribution in [2.24, 2.45) is 34.8 Å². The Kier molecular flexibility index (Phi) is 39.2. The summed E-state index contributed by atoms with van der Waals surface area (Å²) < 4.78 is 0. The number of hydrogen-bond acceptors (Lipinski definition) is 23. The highest BCUT2D eigenvalue weighted by atomic mass is 16.2. The molecule has 0 saturated carbocycles. The van der Waals surface area contributed by atoms with Gasteiger partial charge >= 0.3 is 0 Å². The van der Waals surface area contributed by atoms with Gasteiger partial charge in [0, 0.05) is 148 Å². The number of rotatable bonds is 42. The molecule has 4 fully saturated rings. The SMILES string of the molecule is CNC(=O)C(NC(=O)[C@H](C)NC(=O)C(Cc1c[nH]c2ccccc12)NC(=O)C(CCC(N)=O)NC(=O)C(CC(N)=O)NC(=O)CNC(=O)C(CC(C)C)NC(=O)C(CCCCNC(=O)CCCC(=O)NC12CNCCNCC(N)(CNCCNC1)CNCCNC2)NC(=O)C(CCC(N)=O)NC(=O)C1CCC(=O)N1)C(C)C. The Morgan fingerprint density at radius 2 is 1.03 bits per heavy atom. The molecular formula is C72H120N24O16. The van der Waals surface area contributed by atoms with E-state index in [0.29, 0.717) is 95.0 Å². The lowest BCUT2D eigenvalue weighted by atomic mass is 9.97. The summed E-state index contributed by atoms with van der Waals surface area (Å²) >= 11 is 0. The van der Waals surface area contributed by atoms with Crippen LogP contribution >= 0.6 is 0 Å². The van der Waals surface area contributed by atoms with Crippen molar-refractivity contribution >= 4 is 105 Å². The number of carbonyl (C=O) groups is 16. The molecule has 40 heteroatoms. The van der Waals surface area contributed by atoms with E-state index < -0.39 is 174 Å². The van der Waals surface area contributed by atoms with Crippen LogP contribution in [0, 0.1) is 11.8 Å². The molecule has 4 saturated heterocycles. The van der Waals surface area contributed by atoms with Crippen molar-refractivity contribution in [3.63, 3.8) is 0 Å². The van der Waals surface area contributed by atoms with Gasteiger partial charge in [-0.25, -0.2) is 0 Å². The summed E-state index contributed by atoms with van der Waals surface area (Å²) in [5, 5.41) is 55.2. The molecule has 0 aliphatic carbocycles. The number of benzene rings is 1. The number of nitrogens with one attached hydrogen (secondary N) is 20. The fraction of sp³-hybridized carbons (Fsp3) is 0.667. The van der Waals surface area contributed by atoms with Gasteiger partial charge in [0.2, 0.25) is 94.5 Å². The molecule has 28 N–H and O–H groups in total. The topological polar surface area (TPSA) is 622 Å². The number of primary amides is 3. The van der Waals surface area contributed by atoms with Crippen LogP contribution in [0.3, 0.4) is 0 Å². The van der Waals surface area contributed by atoms with Crippen molar-refractivity contribution < 1.29 is 76.7 Å². The predicted molar refractivity (Wildman–Crippen MR) is 412 cm³/mol. The fourth-order valence-electron chi connectivity index (χ4n) is 12.9. The summed E-state index contributed by atoms with van der Waals surface area (Å²) in [7, 11) is 1.40. The Labute approximate surface area is 651 Å². The van der Waals surface area contributed by atoms with Crippen molar-refractivity contribution in [2.75, 3.05) is 98.7 Å².